The first kappa shape index (κ1) is 16.2. The number of halogens is 3. The van der Waals surface area contributed by atoms with Crippen LogP contribution in [-0.4, -0.2) is 11.7 Å². The average Bonchev–Trinajstić information content (AvgIpc) is 2.96. The van der Waals surface area contributed by atoms with Crippen molar-refractivity contribution in [2.75, 3.05) is 7.11 Å². The maximum absolute atomic E-state index is 12.7. The molecule has 0 spiro atoms. The summed E-state index contributed by atoms with van der Waals surface area (Å²) in [5.74, 6) is 0.721. The third-order valence-electron chi connectivity index (χ3n) is 3.90. The Labute approximate surface area is 138 Å². The van der Waals surface area contributed by atoms with Crippen molar-refractivity contribution in [2.24, 2.45) is 0 Å². The quantitative estimate of drug-likeness (QED) is 0.620. The second-order valence-corrected chi connectivity index (χ2v) is 5.47. The summed E-state index contributed by atoms with van der Waals surface area (Å²) in [6.07, 6.45) is -4.33. The molecule has 0 saturated heterocycles. The van der Waals surface area contributed by atoms with Gasteiger partial charge in [0.2, 0.25) is 0 Å². The molecule has 0 amide bonds. The zero-order valence-electron chi connectivity index (χ0n) is 13.3. The minimum absolute atomic E-state index is 0.651. The SMILES string of the molecule is COc1cccc(-n2c(C)ccc2-c2ccc(C(F)(F)F)cc2)c1. The summed E-state index contributed by atoms with van der Waals surface area (Å²) in [7, 11) is 1.60. The lowest BCUT2D eigenvalue weighted by atomic mass is 10.1. The van der Waals surface area contributed by atoms with Gasteiger partial charge < -0.3 is 9.30 Å². The van der Waals surface area contributed by atoms with Crippen LogP contribution in [0.25, 0.3) is 16.9 Å². The van der Waals surface area contributed by atoms with E-state index in [2.05, 4.69) is 0 Å². The average molecular weight is 331 g/mol. The van der Waals surface area contributed by atoms with Gasteiger partial charge in [-0.1, -0.05) is 18.2 Å². The Kier molecular flexibility index (Phi) is 4.09. The van der Waals surface area contributed by atoms with Gasteiger partial charge in [0.15, 0.2) is 0 Å². The van der Waals surface area contributed by atoms with E-state index in [1.165, 1.54) is 12.1 Å². The summed E-state index contributed by atoms with van der Waals surface area (Å²) in [5, 5.41) is 0. The first-order valence-electron chi connectivity index (χ1n) is 7.40. The molecule has 0 unspecified atom stereocenters. The van der Waals surface area contributed by atoms with Gasteiger partial charge in [0.1, 0.15) is 5.75 Å². The van der Waals surface area contributed by atoms with Crippen LogP contribution in [-0.2, 0) is 6.18 Å². The molecule has 0 bridgehead atoms. The van der Waals surface area contributed by atoms with E-state index in [0.29, 0.717) is 0 Å². The molecule has 24 heavy (non-hydrogen) atoms. The smallest absolute Gasteiger partial charge is 0.416 e. The highest BCUT2D eigenvalue weighted by Gasteiger charge is 2.30. The molecule has 5 heteroatoms. The molecule has 1 aromatic heterocycles. The third kappa shape index (κ3) is 3.02. The lowest BCUT2D eigenvalue weighted by molar-refractivity contribution is -0.137. The Morgan fingerprint density at radius 3 is 2.25 bits per heavy atom. The predicted octanol–water partition coefficient (Wildman–Crippen LogP) is 5.48. The Balaban J connectivity index is 2.07. The van der Waals surface area contributed by atoms with Crippen LogP contribution in [0, 0.1) is 6.92 Å². The lowest BCUT2D eigenvalue weighted by Crippen LogP contribution is -2.04. The number of hydrogen-bond acceptors (Lipinski definition) is 1. The molecule has 0 aliphatic carbocycles. The van der Waals surface area contributed by atoms with E-state index in [-0.39, 0.29) is 0 Å². The van der Waals surface area contributed by atoms with E-state index in [9.17, 15) is 13.2 Å². The Morgan fingerprint density at radius 1 is 0.917 bits per heavy atom. The number of hydrogen-bond donors (Lipinski definition) is 0. The number of benzene rings is 2. The van der Waals surface area contributed by atoms with Crippen LogP contribution in [0.5, 0.6) is 5.75 Å². The Morgan fingerprint density at radius 2 is 1.62 bits per heavy atom. The van der Waals surface area contributed by atoms with Crippen molar-refractivity contribution in [1.29, 1.82) is 0 Å². The van der Waals surface area contributed by atoms with Gasteiger partial charge in [-0.3, -0.25) is 0 Å². The summed E-state index contributed by atoms with van der Waals surface area (Å²) < 4.78 is 45.4. The van der Waals surface area contributed by atoms with Crippen LogP contribution in [0.3, 0.4) is 0 Å². The van der Waals surface area contributed by atoms with Crippen LogP contribution in [0.1, 0.15) is 11.3 Å². The van der Waals surface area contributed by atoms with Crippen LogP contribution in [0.15, 0.2) is 60.7 Å². The van der Waals surface area contributed by atoms with Crippen LogP contribution in [0.4, 0.5) is 13.2 Å². The molecule has 2 aromatic carbocycles. The summed E-state index contributed by atoms with van der Waals surface area (Å²) >= 11 is 0. The summed E-state index contributed by atoms with van der Waals surface area (Å²) in [6.45, 7) is 1.95. The van der Waals surface area contributed by atoms with Crippen molar-refractivity contribution in [1.82, 2.24) is 4.57 Å². The van der Waals surface area contributed by atoms with E-state index in [1.807, 2.05) is 47.9 Å². The third-order valence-corrected chi connectivity index (χ3v) is 3.90. The van der Waals surface area contributed by atoms with Gasteiger partial charge in [-0.05, 0) is 48.9 Å². The highest BCUT2D eigenvalue weighted by atomic mass is 19.4. The Bertz CT molecular complexity index is 848. The fourth-order valence-electron chi connectivity index (χ4n) is 2.69. The topological polar surface area (TPSA) is 14.2 Å². The van der Waals surface area contributed by atoms with Crippen LogP contribution in [0.2, 0.25) is 0 Å². The van der Waals surface area contributed by atoms with Crippen molar-refractivity contribution < 1.29 is 17.9 Å². The molecule has 2 nitrogen and oxygen atoms in total. The van der Waals surface area contributed by atoms with E-state index in [4.69, 9.17) is 4.74 Å². The summed E-state index contributed by atoms with van der Waals surface area (Å²) in [6, 6.07) is 16.6. The normalized spacial score (nSPS) is 11.5. The monoisotopic (exact) mass is 331 g/mol. The fraction of sp³-hybridized carbons (Fsp3) is 0.158. The molecule has 1 heterocycles. The van der Waals surface area contributed by atoms with E-state index in [0.717, 1.165) is 40.5 Å². The maximum Gasteiger partial charge on any atom is 0.416 e. The molecule has 3 rings (SSSR count). The van der Waals surface area contributed by atoms with Crippen LogP contribution < -0.4 is 4.74 Å². The minimum atomic E-state index is -4.33. The fourth-order valence-corrected chi connectivity index (χ4v) is 2.69. The van der Waals surface area contributed by atoms with Gasteiger partial charge in [-0.2, -0.15) is 13.2 Å². The van der Waals surface area contributed by atoms with Crippen molar-refractivity contribution in [3.05, 3.63) is 71.9 Å². The standard InChI is InChI=1S/C19H16F3NO/c1-13-6-11-18(14-7-9-15(10-8-14)19(20,21)22)23(13)16-4-3-5-17(12-16)24-2/h3-12H,1-2H3. The number of rotatable bonds is 3. The number of alkyl halides is 3. The molecule has 0 atom stereocenters. The highest BCUT2D eigenvalue weighted by molar-refractivity contribution is 5.65. The maximum atomic E-state index is 12.7. The van der Waals surface area contributed by atoms with Gasteiger partial charge in [-0.25, -0.2) is 0 Å². The zero-order valence-corrected chi connectivity index (χ0v) is 13.3. The molecule has 0 saturated carbocycles. The second kappa shape index (κ2) is 6.07. The highest BCUT2D eigenvalue weighted by Crippen LogP contribution is 2.32. The largest absolute Gasteiger partial charge is 0.497 e. The van der Waals surface area contributed by atoms with Gasteiger partial charge in [0.05, 0.1) is 18.4 Å². The molecular weight excluding hydrogens is 315 g/mol. The molecule has 0 aliphatic heterocycles. The molecule has 3 aromatic rings. The number of nitrogens with zero attached hydrogens (tertiary/aromatic N) is 1. The molecule has 0 radical (unpaired) electrons. The summed E-state index contributed by atoms with van der Waals surface area (Å²) in [5.41, 5.74) is 2.78. The van der Waals surface area contributed by atoms with Gasteiger partial charge >= 0.3 is 6.18 Å². The number of aryl methyl sites for hydroxylation is 1. The molecule has 124 valence electrons. The van der Waals surface area contributed by atoms with Gasteiger partial charge in [0, 0.05) is 17.4 Å². The number of ether oxygens (including phenoxy) is 1. The van der Waals surface area contributed by atoms with Crippen molar-refractivity contribution in [3.63, 3.8) is 0 Å². The first-order chi connectivity index (χ1) is 11.4. The lowest BCUT2D eigenvalue weighted by Gasteiger charge is -2.14. The first-order valence-corrected chi connectivity index (χ1v) is 7.40. The van der Waals surface area contributed by atoms with E-state index in [1.54, 1.807) is 7.11 Å². The minimum Gasteiger partial charge on any atom is -0.497 e. The number of aromatic nitrogens is 1. The predicted molar refractivity (Wildman–Crippen MR) is 87.5 cm³/mol. The molecule has 0 fully saturated rings. The van der Waals surface area contributed by atoms with Gasteiger partial charge in [0.25, 0.3) is 0 Å². The van der Waals surface area contributed by atoms with Crippen LogP contribution >= 0.6 is 0 Å². The van der Waals surface area contributed by atoms with Gasteiger partial charge in [-0.15, -0.1) is 0 Å². The van der Waals surface area contributed by atoms with E-state index >= 15 is 0 Å². The zero-order chi connectivity index (χ0) is 17.3. The number of methoxy groups -OCH3 is 1. The molecule has 0 aliphatic rings. The van der Waals surface area contributed by atoms with Crippen molar-refractivity contribution in [3.8, 4) is 22.7 Å². The van der Waals surface area contributed by atoms with Crippen molar-refractivity contribution in [2.45, 2.75) is 13.1 Å². The van der Waals surface area contributed by atoms with E-state index < -0.39 is 11.7 Å². The van der Waals surface area contributed by atoms with Crippen molar-refractivity contribution >= 4 is 0 Å². The molecule has 0 N–H and O–H groups in total. The second-order valence-electron chi connectivity index (χ2n) is 5.47. The Hall–Kier alpha value is -2.69. The molecular formula is C19H16F3NO. The summed E-state index contributed by atoms with van der Waals surface area (Å²) in [4.78, 5) is 0.